The maximum absolute atomic E-state index is 13.6. The molecule has 194 valence electrons. The molecular weight excluding hydrogens is 452 g/mol. The van der Waals surface area contributed by atoms with Crippen LogP contribution in [-0.4, -0.2) is 55.4 Å². The van der Waals surface area contributed by atoms with Gasteiger partial charge in [0.05, 0.1) is 25.9 Å². The van der Waals surface area contributed by atoms with Crippen LogP contribution in [0.15, 0.2) is 48.5 Å². The van der Waals surface area contributed by atoms with Gasteiger partial charge in [0.25, 0.3) is 0 Å². The highest BCUT2D eigenvalue weighted by Gasteiger charge is 2.49. The van der Waals surface area contributed by atoms with E-state index in [4.69, 9.17) is 9.47 Å². The van der Waals surface area contributed by atoms with Gasteiger partial charge in [0.1, 0.15) is 0 Å². The molecule has 0 aromatic heterocycles. The van der Waals surface area contributed by atoms with Crippen molar-refractivity contribution in [3.8, 4) is 11.5 Å². The number of nitrogens with zero attached hydrogens (tertiary/aromatic N) is 2. The molecule has 1 heterocycles. The van der Waals surface area contributed by atoms with E-state index in [0.29, 0.717) is 24.5 Å². The molecule has 1 saturated heterocycles. The number of rotatable bonds is 8. The standard InChI is InChI=1S/C30H40N2O4/c1-5-31(6-2)24-14-12-23(13-15-24)29-25-9-7-8-18-30(25,34)19-20-32(29)28(33)17-11-22-10-16-26(35-3)27(21-22)36-4/h10-17,21,25,29,34H,5-9,18-20H2,1-4H3/t25?,29-,30?/m0/s1. The van der Waals surface area contributed by atoms with Crippen molar-refractivity contribution >= 4 is 17.7 Å². The highest BCUT2D eigenvalue weighted by molar-refractivity contribution is 5.92. The molecule has 3 atom stereocenters. The average Bonchev–Trinajstić information content (AvgIpc) is 2.91. The summed E-state index contributed by atoms with van der Waals surface area (Å²) in [5.41, 5.74) is 2.45. The van der Waals surface area contributed by atoms with Gasteiger partial charge in [0, 0.05) is 37.3 Å². The lowest BCUT2D eigenvalue weighted by molar-refractivity contribution is -0.150. The van der Waals surface area contributed by atoms with Crippen molar-refractivity contribution in [1.82, 2.24) is 4.90 Å². The van der Waals surface area contributed by atoms with Crippen molar-refractivity contribution < 1.29 is 19.4 Å². The highest BCUT2D eigenvalue weighted by Crippen LogP contribution is 2.49. The molecule has 4 rings (SSSR count). The zero-order valence-electron chi connectivity index (χ0n) is 22.1. The lowest BCUT2D eigenvalue weighted by Crippen LogP contribution is -2.56. The molecule has 2 aliphatic rings. The SMILES string of the molecule is CCN(CC)c1ccc([C@H]2C3CCCCC3(O)CCN2C(=O)C=Cc2ccc(OC)c(OC)c2)cc1. The van der Waals surface area contributed by atoms with Crippen molar-refractivity contribution in [1.29, 1.82) is 0 Å². The third kappa shape index (κ3) is 5.24. The molecule has 2 fully saturated rings. The number of ether oxygens (including phenoxy) is 2. The van der Waals surface area contributed by atoms with Crippen LogP contribution < -0.4 is 14.4 Å². The van der Waals surface area contributed by atoms with Crippen LogP contribution in [0.25, 0.3) is 6.08 Å². The molecule has 0 radical (unpaired) electrons. The Morgan fingerprint density at radius 3 is 2.44 bits per heavy atom. The van der Waals surface area contributed by atoms with Crippen LogP contribution in [0.2, 0.25) is 0 Å². The Kier molecular flexibility index (Phi) is 8.24. The molecule has 6 nitrogen and oxygen atoms in total. The molecule has 6 heteroatoms. The molecule has 0 spiro atoms. The number of amides is 1. The van der Waals surface area contributed by atoms with Crippen LogP contribution in [0.1, 0.15) is 63.1 Å². The summed E-state index contributed by atoms with van der Waals surface area (Å²) in [5.74, 6) is 1.29. The first kappa shape index (κ1) is 26.1. The van der Waals surface area contributed by atoms with Gasteiger partial charge in [0.2, 0.25) is 5.91 Å². The molecule has 1 N–H and O–H groups in total. The minimum absolute atomic E-state index is 0.0322. The van der Waals surface area contributed by atoms with Crippen molar-refractivity contribution in [3.63, 3.8) is 0 Å². The zero-order chi connectivity index (χ0) is 25.7. The summed E-state index contributed by atoms with van der Waals surface area (Å²) < 4.78 is 10.7. The normalized spacial score (nSPS) is 23.9. The number of hydrogen-bond acceptors (Lipinski definition) is 5. The number of hydrogen-bond donors (Lipinski definition) is 1. The molecule has 2 aromatic carbocycles. The van der Waals surface area contributed by atoms with Crippen LogP contribution in [0.5, 0.6) is 11.5 Å². The first-order valence-corrected chi connectivity index (χ1v) is 13.2. The second kappa shape index (κ2) is 11.4. The van der Waals surface area contributed by atoms with E-state index in [1.165, 1.54) is 5.69 Å². The van der Waals surface area contributed by atoms with E-state index in [0.717, 1.165) is 49.9 Å². The predicted octanol–water partition coefficient (Wildman–Crippen LogP) is 5.46. The second-order valence-corrected chi connectivity index (χ2v) is 9.89. The van der Waals surface area contributed by atoms with Gasteiger partial charge in [-0.15, -0.1) is 0 Å². The van der Waals surface area contributed by atoms with Gasteiger partial charge in [-0.25, -0.2) is 0 Å². The number of aliphatic hydroxyl groups is 1. The van der Waals surface area contributed by atoms with Gasteiger partial charge >= 0.3 is 0 Å². The molecule has 1 amide bonds. The molecule has 0 bridgehead atoms. The molecule has 2 unspecified atom stereocenters. The maximum atomic E-state index is 13.6. The molecular formula is C30H40N2O4. The van der Waals surface area contributed by atoms with Gasteiger partial charge in [-0.3, -0.25) is 4.79 Å². The fourth-order valence-corrected chi connectivity index (χ4v) is 6.03. The van der Waals surface area contributed by atoms with Gasteiger partial charge in [-0.1, -0.05) is 31.0 Å². The number of likely N-dealkylation sites (tertiary alicyclic amines) is 1. The van der Waals surface area contributed by atoms with Crippen molar-refractivity contribution in [2.45, 2.75) is 57.6 Å². The van der Waals surface area contributed by atoms with Gasteiger partial charge in [-0.2, -0.15) is 0 Å². The highest BCUT2D eigenvalue weighted by atomic mass is 16.5. The summed E-state index contributed by atoms with van der Waals surface area (Å²) >= 11 is 0. The van der Waals surface area contributed by atoms with Gasteiger partial charge in [-0.05, 0) is 74.6 Å². The monoisotopic (exact) mass is 492 g/mol. The summed E-state index contributed by atoms with van der Waals surface area (Å²) in [6.45, 7) is 6.77. The Balaban J connectivity index is 1.63. The lowest BCUT2D eigenvalue weighted by Gasteiger charge is -2.52. The third-order valence-electron chi connectivity index (χ3n) is 8.04. The second-order valence-electron chi connectivity index (χ2n) is 9.89. The molecule has 36 heavy (non-hydrogen) atoms. The number of fused-ring (bicyclic) bond motifs is 1. The Morgan fingerprint density at radius 2 is 1.78 bits per heavy atom. The summed E-state index contributed by atoms with van der Waals surface area (Å²) in [6, 6.07) is 14.1. The van der Waals surface area contributed by atoms with Crippen LogP contribution in [0.3, 0.4) is 0 Å². The van der Waals surface area contributed by atoms with Gasteiger partial charge in [0.15, 0.2) is 11.5 Å². The van der Waals surface area contributed by atoms with E-state index in [1.807, 2.05) is 29.2 Å². The topological polar surface area (TPSA) is 62.2 Å². The lowest BCUT2D eigenvalue weighted by atomic mass is 9.66. The molecule has 1 aliphatic carbocycles. The third-order valence-corrected chi connectivity index (χ3v) is 8.04. The van der Waals surface area contributed by atoms with Crippen molar-refractivity contribution in [3.05, 3.63) is 59.7 Å². The van der Waals surface area contributed by atoms with E-state index < -0.39 is 5.60 Å². The fraction of sp³-hybridized carbons (Fsp3) is 0.500. The number of benzene rings is 2. The Morgan fingerprint density at radius 1 is 1.06 bits per heavy atom. The Bertz CT molecular complexity index is 1060. The van der Waals surface area contributed by atoms with Crippen molar-refractivity contribution in [2.75, 3.05) is 38.8 Å². The van der Waals surface area contributed by atoms with E-state index in [9.17, 15) is 9.90 Å². The summed E-state index contributed by atoms with van der Waals surface area (Å²) in [7, 11) is 3.21. The molecule has 1 aliphatic heterocycles. The Hall–Kier alpha value is -2.99. The average molecular weight is 493 g/mol. The quantitative estimate of drug-likeness (QED) is 0.496. The Labute approximate surface area is 215 Å². The van der Waals surface area contributed by atoms with Crippen LogP contribution in [-0.2, 0) is 4.79 Å². The first-order valence-electron chi connectivity index (χ1n) is 13.2. The molecule has 1 saturated carbocycles. The summed E-state index contributed by atoms with van der Waals surface area (Å²) in [6.07, 6.45) is 7.98. The van der Waals surface area contributed by atoms with Crippen LogP contribution in [0, 0.1) is 5.92 Å². The summed E-state index contributed by atoms with van der Waals surface area (Å²) in [5, 5.41) is 11.6. The minimum atomic E-state index is -0.704. The van der Waals surface area contributed by atoms with E-state index in [-0.39, 0.29) is 17.9 Å². The smallest absolute Gasteiger partial charge is 0.247 e. The number of piperidine rings is 1. The number of carbonyl (C=O) groups excluding carboxylic acids is 1. The minimum Gasteiger partial charge on any atom is -0.493 e. The zero-order valence-corrected chi connectivity index (χ0v) is 22.1. The van der Waals surface area contributed by atoms with E-state index in [2.05, 4.69) is 43.0 Å². The van der Waals surface area contributed by atoms with E-state index >= 15 is 0 Å². The van der Waals surface area contributed by atoms with E-state index in [1.54, 1.807) is 20.3 Å². The number of anilines is 1. The van der Waals surface area contributed by atoms with Gasteiger partial charge < -0.3 is 24.4 Å². The van der Waals surface area contributed by atoms with Crippen LogP contribution in [0.4, 0.5) is 5.69 Å². The van der Waals surface area contributed by atoms with Crippen LogP contribution >= 0.6 is 0 Å². The van der Waals surface area contributed by atoms with Crippen molar-refractivity contribution in [2.24, 2.45) is 5.92 Å². The number of carbonyl (C=O) groups is 1. The predicted molar refractivity (Wildman–Crippen MR) is 145 cm³/mol. The summed E-state index contributed by atoms with van der Waals surface area (Å²) in [4.78, 5) is 17.9. The molecule has 2 aromatic rings. The first-order chi connectivity index (χ1) is 17.4. The number of methoxy groups -OCH3 is 2. The fourth-order valence-electron chi connectivity index (χ4n) is 6.03. The largest absolute Gasteiger partial charge is 0.493 e. The maximum Gasteiger partial charge on any atom is 0.247 e.